The average Bonchev–Trinajstić information content (AvgIpc) is 2.17. The molecule has 1 rings (SSSR count). The SMILES string of the molecule is CC1CCCCN1S(=O)(=O)CCCC(=O)O. The van der Waals surface area contributed by atoms with Crippen LogP contribution in [0.5, 0.6) is 0 Å². The Morgan fingerprint density at radius 3 is 2.69 bits per heavy atom. The highest BCUT2D eigenvalue weighted by Crippen LogP contribution is 2.20. The van der Waals surface area contributed by atoms with E-state index in [4.69, 9.17) is 5.11 Å². The van der Waals surface area contributed by atoms with Gasteiger partial charge in [-0.3, -0.25) is 4.79 Å². The van der Waals surface area contributed by atoms with E-state index in [1.54, 1.807) is 0 Å². The molecule has 1 aliphatic rings. The maximum Gasteiger partial charge on any atom is 0.303 e. The number of aliphatic carboxylic acids is 1. The highest BCUT2D eigenvalue weighted by atomic mass is 32.2. The molecule has 0 aromatic rings. The standard InChI is InChI=1S/C10H19NO4S/c1-9-5-2-3-7-11(9)16(14,15)8-4-6-10(12)13/h9H,2-8H2,1H3,(H,12,13). The molecule has 1 saturated heterocycles. The molecule has 0 saturated carbocycles. The summed E-state index contributed by atoms with van der Waals surface area (Å²) in [5, 5.41) is 8.46. The lowest BCUT2D eigenvalue weighted by atomic mass is 10.1. The monoisotopic (exact) mass is 249 g/mol. The minimum atomic E-state index is -3.26. The maximum absolute atomic E-state index is 11.9. The first kappa shape index (κ1) is 13.4. The number of sulfonamides is 1. The summed E-state index contributed by atoms with van der Waals surface area (Å²) in [7, 11) is -3.26. The molecule has 0 spiro atoms. The predicted octanol–water partition coefficient (Wildman–Crippen LogP) is 1.06. The minimum Gasteiger partial charge on any atom is -0.481 e. The molecule has 16 heavy (non-hydrogen) atoms. The van der Waals surface area contributed by atoms with Crippen molar-refractivity contribution < 1.29 is 18.3 Å². The summed E-state index contributed by atoms with van der Waals surface area (Å²) in [6.07, 6.45) is 2.99. The van der Waals surface area contributed by atoms with Gasteiger partial charge in [-0.15, -0.1) is 0 Å². The lowest BCUT2D eigenvalue weighted by molar-refractivity contribution is -0.137. The van der Waals surface area contributed by atoms with Gasteiger partial charge in [-0.1, -0.05) is 6.42 Å². The number of piperidine rings is 1. The summed E-state index contributed by atoms with van der Waals surface area (Å²) < 4.78 is 25.3. The lowest BCUT2D eigenvalue weighted by Crippen LogP contribution is -2.43. The second kappa shape index (κ2) is 5.63. The number of nitrogens with zero attached hydrogens (tertiary/aromatic N) is 1. The van der Waals surface area contributed by atoms with Crippen molar-refractivity contribution >= 4 is 16.0 Å². The summed E-state index contributed by atoms with van der Waals surface area (Å²) in [5.74, 6) is -0.995. The molecule has 0 amide bonds. The highest BCUT2D eigenvalue weighted by Gasteiger charge is 2.28. The first-order valence-electron chi connectivity index (χ1n) is 5.65. The van der Waals surface area contributed by atoms with Crippen LogP contribution in [0.4, 0.5) is 0 Å². The number of hydrogen-bond acceptors (Lipinski definition) is 3. The van der Waals surface area contributed by atoms with Crippen molar-refractivity contribution in [1.29, 1.82) is 0 Å². The second-order valence-electron chi connectivity index (χ2n) is 4.27. The zero-order valence-electron chi connectivity index (χ0n) is 9.55. The molecule has 0 aliphatic carbocycles. The molecular formula is C10H19NO4S. The average molecular weight is 249 g/mol. The third-order valence-electron chi connectivity index (χ3n) is 2.89. The van der Waals surface area contributed by atoms with Crippen LogP contribution in [0.1, 0.15) is 39.0 Å². The Morgan fingerprint density at radius 2 is 2.12 bits per heavy atom. The van der Waals surface area contributed by atoms with E-state index >= 15 is 0 Å². The summed E-state index contributed by atoms with van der Waals surface area (Å²) in [5.41, 5.74) is 0. The predicted molar refractivity (Wildman–Crippen MR) is 60.7 cm³/mol. The van der Waals surface area contributed by atoms with Gasteiger partial charge in [0.2, 0.25) is 10.0 Å². The van der Waals surface area contributed by atoms with Crippen molar-refractivity contribution in [3.05, 3.63) is 0 Å². The topological polar surface area (TPSA) is 74.7 Å². The first-order chi connectivity index (χ1) is 7.43. The fourth-order valence-electron chi connectivity index (χ4n) is 2.01. The molecule has 1 heterocycles. The molecular weight excluding hydrogens is 230 g/mol. The molecule has 0 radical (unpaired) electrons. The smallest absolute Gasteiger partial charge is 0.303 e. The number of carbonyl (C=O) groups is 1. The number of carboxylic acid groups (broad SMARTS) is 1. The summed E-state index contributed by atoms with van der Waals surface area (Å²) >= 11 is 0. The van der Waals surface area contributed by atoms with Gasteiger partial charge in [0, 0.05) is 19.0 Å². The van der Waals surface area contributed by atoms with Crippen LogP contribution in [0.3, 0.4) is 0 Å². The first-order valence-corrected chi connectivity index (χ1v) is 7.26. The Balaban J connectivity index is 2.51. The van der Waals surface area contributed by atoms with E-state index in [1.165, 1.54) is 4.31 Å². The zero-order valence-corrected chi connectivity index (χ0v) is 10.4. The van der Waals surface area contributed by atoms with Crippen LogP contribution in [0.15, 0.2) is 0 Å². The van der Waals surface area contributed by atoms with E-state index < -0.39 is 16.0 Å². The zero-order chi connectivity index (χ0) is 12.2. The molecule has 0 bridgehead atoms. The van der Waals surface area contributed by atoms with Crippen LogP contribution in [0, 0.1) is 0 Å². The van der Waals surface area contributed by atoms with Crippen LogP contribution >= 0.6 is 0 Å². The molecule has 5 nitrogen and oxygen atoms in total. The molecule has 1 N–H and O–H groups in total. The molecule has 1 atom stereocenters. The molecule has 1 fully saturated rings. The normalized spacial score (nSPS) is 23.2. The van der Waals surface area contributed by atoms with E-state index in [0.29, 0.717) is 6.54 Å². The van der Waals surface area contributed by atoms with E-state index in [1.807, 2.05) is 6.92 Å². The van der Waals surface area contributed by atoms with Crippen LogP contribution in [-0.4, -0.2) is 42.1 Å². The van der Waals surface area contributed by atoms with Gasteiger partial charge in [-0.2, -0.15) is 4.31 Å². The van der Waals surface area contributed by atoms with Gasteiger partial charge < -0.3 is 5.11 Å². The summed E-state index contributed by atoms with van der Waals surface area (Å²) in [6, 6.07) is 0.0589. The quantitative estimate of drug-likeness (QED) is 0.790. The van der Waals surface area contributed by atoms with Crippen molar-refractivity contribution in [2.45, 2.75) is 45.1 Å². The Labute approximate surface area is 96.5 Å². The Hall–Kier alpha value is -0.620. The fourth-order valence-corrected chi connectivity index (χ4v) is 3.81. The highest BCUT2D eigenvalue weighted by molar-refractivity contribution is 7.89. The summed E-state index contributed by atoms with van der Waals surface area (Å²) in [4.78, 5) is 10.3. The van der Waals surface area contributed by atoms with E-state index in [2.05, 4.69) is 0 Å². The van der Waals surface area contributed by atoms with Gasteiger partial charge in [-0.25, -0.2) is 8.42 Å². The van der Waals surface area contributed by atoms with E-state index in [9.17, 15) is 13.2 Å². The third kappa shape index (κ3) is 3.75. The van der Waals surface area contributed by atoms with Crippen LogP contribution in [0.2, 0.25) is 0 Å². The van der Waals surface area contributed by atoms with Crippen molar-refractivity contribution in [3.8, 4) is 0 Å². The second-order valence-corrected chi connectivity index (χ2v) is 6.31. The van der Waals surface area contributed by atoms with Crippen molar-refractivity contribution in [1.82, 2.24) is 4.31 Å². The molecule has 0 aromatic carbocycles. The van der Waals surface area contributed by atoms with E-state index in [-0.39, 0.29) is 24.6 Å². The largest absolute Gasteiger partial charge is 0.481 e. The van der Waals surface area contributed by atoms with Crippen molar-refractivity contribution in [2.75, 3.05) is 12.3 Å². The lowest BCUT2D eigenvalue weighted by Gasteiger charge is -2.32. The Morgan fingerprint density at radius 1 is 1.44 bits per heavy atom. The Bertz CT molecular complexity index is 339. The molecule has 6 heteroatoms. The fraction of sp³-hybridized carbons (Fsp3) is 0.900. The van der Waals surface area contributed by atoms with Crippen molar-refractivity contribution in [3.63, 3.8) is 0 Å². The molecule has 0 aromatic heterocycles. The molecule has 1 unspecified atom stereocenters. The number of rotatable bonds is 5. The van der Waals surface area contributed by atoms with E-state index in [0.717, 1.165) is 19.3 Å². The summed E-state index contributed by atoms with van der Waals surface area (Å²) in [6.45, 7) is 2.49. The molecule has 94 valence electrons. The van der Waals surface area contributed by atoms with Crippen LogP contribution < -0.4 is 0 Å². The maximum atomic E-state index is 11.9. The van der Waals surface area contributed by atoms with Gasteiger partial charge in [0.25, 0.3) is 0 Å². The van der Waals surface area contributed by atoms with Gasteiger partial charge >= 0.3 is 5.97 Å². The number of carboxylic acids is 1. The van der Waals surface area contributed by atoms with Crippen molar-refractivity contribution in [2.24, 2.45) is 0 Å². The molecule has 1 aliphatic heterocycles. The minimum absolute atomic E-state index is 0.0519. The van der Waals surface area contributed by atoms with Gasteiger partial charge in [0.05, 0.1) is 5.75 Å². The van der Waals surface area contributed by atoms with Gasteiger partial charge in [0.1, 0.15) is 0 Å². The third-order valence-corrected chi connectivity index (χ3v) is 4.95. The van der Waals surface area contributed by atoms with Gasteiger partial charge in [-0.05, 0) is 26.2 Å². The van der Waals surface area contributed by atoms with Crippen LogP contribution in [-0.2, 0) is 14.8 Å². The Kier molecular flexibility index (Phi) is 4.73. The number of hydrogen-bond donors (Lipinski definition) is 1. The van der Waals surface area contributed by atoms with Crippen LogP contribution in [0.25, 0.3) is 0 Å². The van der Waals surface area contributed by atoms with Gasteiger partial charge in [0.15, 0.2) is 0 Å².